The van der Waals surface area contributed by atoms with Crippen LogP contribution in [0.5, 0.6) is 5.75 Å². The Morgan fingerprint density at radius 3 is 2.26 bits per heavy atom. The summed E-state index contributed by atoms with van der Waals surface area (Å²) < 4.78 is 33.2. The lowest BCUT2D eigenvalue weighted by atomic mass is 10.0. The lowest BCUT2D eigenvalue weighted by Gasteiger charge is -2.36. The Bertz CT molecular complexity index is 1110. The van der Waals surface area contributed by atoms with Gasteiger partial charge in [-0.1, -0.05) is 44.2 Å². The highest BCUT2D eigenvalue weighted by atomic mass is 32.2. The topological polar surface area (TPSA) is 96.0 Å². The Kier molecular flexibility index (Phi) is 8.33. The van der Waals surface area contributed by atoms with Crippen LogP contribution < -0.4 is 10.1 Å². The van der Waals surface area contributed by atoms with E-state index in [0.29, 0.717) is 16.2 Å². The third-order valence-electron chi connectivity index (χ3n) is 5.87. The fourth-order valence-electron chi connectivity index (χ4n) is 3.86. The molecule has 0 radical (unpaired) electrons. The smallest absolute Gasteiger partial charge is 0.258 e. The minimum atomic E-state index is -3.64. The molecule has 3 rings (SSSR count). The largest absolute Gasteiger partial charge is 0.484 e. The van der Waals surface area contributed by atoms with Crippen molar-refractivity contribution in [3.8, 4) is 5.75 Å². The Morgan fingerprint density at radius 1 is 1.00 bits per heavy atom. The van der Waals surface area contributed by atoms with Gasteiger partial charge in [0, 0.05) is 26.2 Å². The van der Waals surface area contributed by atoms with Crippen molar-refractivity contribution in [3.05, 3.63) is 59.7 Å². The van der Waals surface area contributed by atoms with Crippen molar-refractivity contribution in [3.63, 3.8) is 0 Å². The van der Waals surface area contributed by atoms with Crippen LogP contribution in [0, 0.1) is 19.8 Å². The molecule has 1 N–H and O–H groups in total. The standard InChI is InChI=1S/C25H33N3O5S/c1-18(2)24(26-23(29)17-33-21-8-6-5-7-9-21)25(30)27-12-14-28(15-13-27)34(31,32)22-16-19(3)10-11-20(22)4/h5-11,16,18,24H,12-15,17H2,1-4H3,(H,26,29)/t24-/m0/s1. The molecule has 9 heteroatoms. The fraction of sp³-hybridized carbons (Fsp3) is 0.440. The van der Waals surface area contributed by atoms with E-state index < -0.39 is 16.1 Å². The van der Waals surface area contributed by atoms with Crippen molar-refractivity contribution >= 4 is 21.8 Å². The predicted molar refractivity (Wildman–Crippen MR) is 130 cm³/mol. The van der Waals surface area contributed by atoms with Crippen LogP contribution in [-0.2, 0) is 19.6 Å². The highest BCUT2D eigenvalue weighted by Gasteiger charge is 2.34. The molecule has 0 aromatic heterocycles. The summed E-state index contributed by atoms with van der Waals surface area (Å²) in [5.74, 6) is -0.157. The van der Waals surface area contributed by atoms with E-state index in [0.717, 1.165) is 5.56 Å². The van der Waals surface area contributed by atoms with Gasteiger partial charge >= 0.3 is 0 Å². The highest BCUT2D eigenvalue weighted by Crippen LogP contribution is 2.23. The summed E-state index contributed by atoms with van der Waals surface area (Å²) in [6.07, 6.45) is 0. The van der Waals surface area contributed by atoms with Crippen LogP contribution in [-0.4, -0.2) is 68.3 Å². The molecule has 1 saturated heterocycles. The van der Waals surface area contributed by atoms with Crippen LogP contribution in [0.1, 0.15) is 25.0 Å². The number of aryl methyl sites for hydroxylation is 2. The summed E-state index contributed by atoms with van der Waals surface area (Å²) in [4.78, 5) is 27.5. The van der Waals surface area contributed by atoms with E-state index in [1.807, 2.05) is 45.0 Å². The van der Waals surface area contributed by atoms with E-state index >= 15 is 0 Å². The molecule has 1 heterocycles. The number of hydrogen-bond acceptors (Lipinski definition) is 5. The molecule has 0 unspecified atom stereocenters. The first-order chi connectivity index (χ1) is 16.1. The molecular formula is C25H33N3O5S. The molecule has 2 amide bonds. The molecule has 0 saturated carbocycles. The van der Waals surface area contributed by atoms with Crippen LogP contribution in [0.15, 0.2) is 53.4 Å². The van der Waals surface area contributed by atoms with Crippen LogP contribution >= 0.6 is 0 Å². The molecule has 184 valence electrons. The van der Waals surface area contributed by atoms with Gasteiger partial charge < -0.3 is 15.0 Å². The maximum atomic E-state index is 13.2. The van der Waals surface area contributed by atoms with Gasteiger partial charge in [0.2, 0.25) is 15.9 Å². The van der Waals surface area contributed by atoms with E-state index in [1.165, 1.54) is 4.31 Å². The molecule has 2 aromatic carbocycles. The molecule has 0 spiro atoms. The van der Waals surface area contributed by atoms with Crippen LogP contribution in [0.2, 0.25) is 0 Å². The summed E-state index contributed by atoms with van der Waals surface area (Å²) in [6.45, 7) is 8.12. The van der Waals surface area contributed by atoms with Crippen molar-refractivity contribution in [2.24, 2.45) is 5.92 Å². The van der Waals surface area contributed by atoms with Crippen LogP contribution in [0.4, 0.5) is 0 Å². The zero-order valence-corrected chi connectivity index (χ0v) is 21.0. The third-order valence-corrected chi connectivity index (χ3v) is 7.91. The number of hydrogen-bond donors (Lipinski definition) is 1. The van der Waals surface area contributed by atoms with Crippen molar-refractivity contribution in [2.45, 2.75) is 38.6 Å². The number of piperazine rings is 1. The SMILES string of the molecule is Cc1ccc(C)c(S(=O)(=O)N2CCN(C(=O)[C@@H](NC(=O)COc3ccccc3)C(C)C)CC2)c1. The first-order valence-electron chi connectivity index (χ1n) is 11.4. The zero-order valence-electron chi connectivity index (χ0n) is 20.2. The maximum Gasteiger partial charge on any atom is 0.258 e. The average Bonchev–Trinajstić information content (AvgIpc) is 2.82. The minimum absolute atomic E-state index is 0.134. The summed E-state index contributed by atoms with van der Waals surface area (Å²) in [5, 5.41) is 2.78. The lowest BCUT2D eigenvalue weighted by molar-refractivity contribution is -0.139. The summed E-state index contributed by atoms with van der Waals surface area (Å²) >= 11 is 0. The predicted octanol–water partition coefficient (Wildman–Crippen LogP) is 2.36. The Morgan fingerprint density at radius 2 is 1.65 bits per heavy atom. The molecular weight excluding hydrogens is 454 g/mol. The quantitative estimate of drug-likeness (QED) is 0.617. The van der Waals surface area contributed by atoms with Gasteiger partial charge in [-0.25, -0.2) is 8.42 Å². The number of nitrogens with one attached hydrogen (secondary N) is 1. The lowest BCUT2D eigenvalue weighted by Crippen LogP contribution is -2.57. The summed E-state index contributed by atoms with van der Waals surface area (Å²) in [6, 6.07) is 13.7. The van der Waals surface area contributed by atoms with Gasteiger partial charge in [0.05, 0.1) is 4.90 Å². The number of carbonyl (C=O) groups is 2. The van der Waals surface area contributed by atoms with Gasteiger partial charge in [0.15, 0.2) is 6.61 Å². The molecule has 0 bridgehead atoms. The van der Waals surface area contributed by atoms with Crippen molar-refractivity contribution in [2.75, 3.05) is 32.8 Å². The Balaban J connectivity index is 1.60. The average molecular weight is 488 g/mol. The molecule has 1 aliphatic heterocycles. The number of carbonyl (C=O) groups excluding carboxylic acids is 2. The maximum absolute atomic E-state index is 13.2. The Labute approximate surface area is 201 Å². The molecule has 1 atom stereocenters. The van der Waals surface area contributed by atoms with E-state index in [-0.39, 0.29) is 50.5 Å². The molecule has 0 aliphatic carbocycles. The van der Waals surface area contributed by atoms with E-state index in [9.17, 15) is 18.0 Å². The van der Waals surface area contributed by atoms with Gasteiger partial charge in [-0.3, -0.25) is 9.59 Å². The zero-order chi connectivity index (χ0) is 24.9. The van der Waals surface area contributed by atoms with E-state index in [2.05, 4.69) is 5.32 Å². The number of para-hydroxylation sites is 1. The molecule has 34 heavy (non-hydrogen) atoms. The van der Waals surface area contributed by atoms with Crippen molar-refractivity contribution in [1.82, 2.24) is 14.5 Å². The second-order valence-corrected chi connectivity index (χ2v) is 10.8. The third kappa shape index (κ3) is 6.15. The van der Waals surface area contributed by atoms with E-state index in [1.54, 1.807) is 36.1 Å². The summed E-state index contributed by atoms with van der Waals surface area (Å²) in [7, 11) is -3.64. The number of benzene rings is 2. The molecule has 1 aliphatic rings. The first kappa shape index (κ1) is 25.7. The Hall–Kier alpha value is -2.91. The van der Waals surface area contributed by atoms with Crippen molar-refractivity contribution in [1.29, 1.82) is 0 Å². The second-order valence-electron chi connectivity index (χ2n) is 8.89. The minimum Gasteiger partial charge on any atom is -0.484 e. The molecule has 2 aromatic rings. The molecule has 8 nitrogen and oxygen atoms in total. The number of sulfonamides is 1. The first-order valence-corrected chi connectivity index (χ1v) is 12.9. The van der Waals surface area contributed by atoms with Gasteiger partial charge in [0.1, 0.15) is 11.8 Å². The van der Waals surface area contributed by atoms with Crippen LogP contribution in [0.25, 0.3) is 0 Å². The number of ether oxygens (including phenoxy) is 1. The highest BCUT2D eigenvalue weighted by molar-refractivity contribution is 7.89. The number of nitrogens with zero attached hydrogens (tertiary/aromatic N) is 2. The molecule has 1 fully saturated rings. The normalized spacial score (nSPS) is 15.7. The number of amides is 2. The van der Waals surface area contributed by atoms with Gasteiger partial charge in [-0.2, -0.15) is 4.31 Å². The summed E-state index contributed by atoms with van der Waals surface area (Å²) in [5.41, 5.74) is 1.58. The van der Waals surface area contributed by atoms with Gasteiger partial charge in [-0.05, 0) is 49.1 Å². The second kappa shape index (κ2) is 11.0. The fourth-order valence-corrected chi connectivity index (χ4v) is 5.60. The number of rotatable bonds is 8. The van der Waals surface area contributed by atoms with Crippen molar-refractivity contribution < 1.29 is 22.7 Å². The van der Waals surface area contributed by atoms with Crippen LogP contribution in [0.3, 0.4) is 0 Å². The van der Waals surface area contributed by atoms with Gasteiger partial charge in [-0.15, -0.1) is 0 Å². The van der Waals surface area contributed by atoms with Gasteiger partial charge in [0.25, 0.3) is 5.91 Å². The van der Waals surface area contributed by atoms with E-state index in [4.69, 9.17) is 4.74 Å². The monoisotopic (exact) mass is 487 g/mol.